The molecule has 22 rings (SSSR count). The van der Waals surface area contributed by atoms with E-state index in [0.717, 1.165) is 122 Å². The first-order valence-corrected chi connectivity index (χ1v) is 52.0. The summed E-state index contributed by atoms with van der Waals surface area (Å²) in [7, 11) is -0.0748. The second kappa shape index (κ2) is 49.1. The van der Waals surface area contributed by atoms with Crippen molar-refractivity contribution >= 4 is 82.3 Å². The molecule has 0 aliphatic carbocycles. The predicted molar refractivity (Wildman–Crippen MR) is 540 cm³/mol. The molecule has 144 heavy (non-hydrogen) atoms. The summed E-state index contributed by atoms with van der Waals surface area (Å²) in [6, 6.07) is 48.3. The van der Waals surface area contributed by atoms with Crippen LogP contribution >= 0.6 is 0 Å². The maximum Gasteiger partial charge on any atom is 0.305 e. The highest BCUT2D eigenvalue weighted by Crippen LogP contribution is 2.42. The number of fused-ring (bicyclic) bond motifs is 9. The summed E-state index contributed by atoms with van der Waals surface area (Å²) < 4.78 is 97.9. The molecule has 21 heterocycles. The van der Waals surface area contributed by atoms with Crippen molar-refractivity contribution in [3.05, 3.63) is 235 Å². The summed E-state index contributed by atoms with van der Waals surface area (Å²) in [4.78, 5) is 72.4. The molecule has 9 unspecified atom stereocenters. The quantitative estimate of drug-likeness (QED) is 0.0145. The lowest BCUT2D eigenvalue weighted by atomic mass is 9.87. The molecule has 9 saturated heterocycles. The van der Waals surface area contributed by atoms with E-state index < -0.39 is 54.6 Å². The molecule has 756 valence electrons. The van der Waals surface area contributed by atoms with Crippen LogP contribution < -0.4 is 60.1 Å². The zero-order valence-electron chi connectivity index (χ0n) is 81.3. The standard InChI is InChI=1S/2C29H32N8O3S.C29H31N7O3S.C11H12O4.CH3NO2.CH4O.H3N/c2*1-39-28-7-4-20(13-33-28)16-36-23-10-24(36)18-35(17-23)27-6-5-21(14-32-27)26-11-25(40-8-3-9-41(2,31)38)19-37-29(26)22(12-30)15-34-37;1-38-28-7-4-20(13-32-28)16-35-23-10-24(35)18-34(17-23)27-6-5-21(14-31-27)26-11-25(39-8-3-9-40(2)37)19-36-29(26)22(12-30)15-33-36;1-8(12)14-11(15-9(2)13)10-6-4-3-5-7-10;2-1(3)4;1-2;/h2*4-7,11,13-15,19,23-24,31H,3,8-10,16-18H2,1-2H3;4-7,11,13-15,19,23-24H,3,8-10,16-18H2,1-2H3;3-7,11H,1-2H3;2H2,(H,3,4);2H,1H3;1H3/p-1. The van der Waals surface area contributed by atoms with E-state index in [-0.39, 0.29) is 17.7 Å². The maximum atomic E-state index is 11.7. The molecule has 9 aliphatic rings. The zero-order valence-corrected chi connectivity index (χ0v) is 83.8. The van der Waals surface area contributed by atoms with Gasteiger partial charge in [0.25, 0.3) is 6.29 Å². The van der Waals surface area contributed by atoms with Gasteiger partial charge in [0.15, 0.2) is 0 Å². The van der Waals surface area contributed by atoms with Crippen molar-refractivity contribution in [1.29, 1.82) is 25.3 Å². The van der Waals surface area contributed by atoms with Gasteiger partial charge >= 0.3 is 11.9 Å². The van der Waals surface area contributed by atoms with E-state index >= 15 is 0 Å². The number of benzene rings is 1. The number of nitrogens with zero attached hydrogens (tertiary/aromatic N) is 21. The second-order valence-electron chi connectivity index (χ2n) is 34.9. The van der Waals surface area contributed by atoms with Crippen LogP contribution in [0.1, 0.15) is 97.6 Å². The number of carboxylic acid groups (broad SMARTS) is 1. The summed E-state index contributed by atoms with van der Waals surface area (Å²) in [5.41, 5.74) is 16.7. The number of methoxy groups -OCH3 is 3. The average molecular weight is 2020 g/mol. The van der Waals surface area contributed by atoms with Crippen LogP contribution in [0.4, 0.5) is 22.2 Å². The lowest BCUT2D eigenvalue weighted by Gasteiger charge is -2.56. The smallest absolute Gasteiger partial charge is 0.305 e. The van der Waals surface area contributed by atoms with E-state index in [1.807, 2.05) is 104 Å². The van der Waals surface area contributed by atoms with Crippen LogP contribution in [0.5, 0.6) is 34.9 Å². The lowest BCUT2D eigenvalue weighted by Crippen LogP contribution is -2.68. The molecule has 0 radical (unpaired) electrons. The van der Waals surface area contributed by atoms with Gasteiger partial charge < -0.3 is 79.5 Å². The minimum absolute atomic E-state index is 0. The molecule has 12 aromatic heterocycles. The number of aromatic nitrogens is 12. The first kappa shape index (κ1) is 106. The number of aliphatic hydroxyl groups is 1. The number of nitriles is 3. The maximum absolute atomic E-state index is 11.7. The summed E-state index contributed by atoms with van der Waals surface area (Å²) in [5, 5.41) is 57.8. The van der Waals surface area contributed by atoms with Crippen LogP contribution in [0, 0.1) is 43.6 Å². The molecule has 1 aromatic carbocycles. The normalized spacial score (nSPS) is 17.8. The number of anilines is 3. The number of nitrogens with one attached hydrogen (secondary N) is 2. The third-order valence-corrected chi connectivity index (χ3v) is 27.8. The number of aliphatic hydroxyl groups excluding tert-OH is 1. The lowest BCUT2D eigenvalue weighted by molar-refractivity contribution is -0.245. The Hall–Kier alpha value is -15.1. The van der Waals surface area contributed by atoms with Gasteiger partial charge in [0, 0.05) is 277 Å². The SMILES string of the molecule is CC(=O)OC(OC(C)=O)c1ccccc1.CO.COc1ccc(CN2C3CC2CN(c2ccc(-c4cc(OCCCS(C)(=N)=O)cn5ncc(C#N)c45)cn2)C3)cn1.COc1ccc(CN2C3CC2CN(c2ccc(-c4cc(OCCCS(C)(=N)=O)cn5ncc(C#N)c45)cn2)C3)cn1.COc1ccc(CN2C3CC2CN(c2ccc(-c4cc(OCCCS(C)=O)cn5ncc(C#N)c45)cn2)C3)cn1.N.NC(=O)[O-]. The highest BCUT2D eigenvalue weighted by atomic mass is 32.2. The van der Waals surface area contributed by atoms with Gasteiger partial charge in [-0.15, -0.1) is 0 Å². The Morgan fingerprint density at radius 3 is 1.03 bits per heavy atom. The third kappa shape index (κ3) is 27.4. The first-order valence-electron chi connectivity index (χ1n) is 46.0. The van der Waals surface area contributed by atoms with Crippen molar-refractivity contribution in [1.82, 2.24) is 79.6 Å². The zero-order chi connectivity index (χ0) is 102. The Labute approximate surface area is 837 Å². The van der Waals surface area contributed by atoms with Gasteiger partial charge in [-0.1, -0.05) is 48.5 Å². The fourth-order valence-corrected chi connectivity index (χ4v) is 20.0. The van der Waals surface area contributed by atoms with Gasteiger partial charge in [0.05, 0.1) is 112 Å². The van der Waals surface area contributed by atoms with Crippen molar-refractivity contribution in [3.63, 3.8) is 0 Å². The molecule has 9 atom stereocenters. The molecule has 8 N–H and O–H groups in total. The van der Waals surface area contributed by atoms with Gasteiger partial charge in [-0.25, -0.2) is 43.5 Å². The Morgan fingerprint density at radius 1 is 0.479 bits per heavy atom. The highest BCUT2D eigenvalue weighted by Gasteiger charge is 2.47. The summed E-state index contributed by atoms with van der Waals surface area (Å²) in [5.74, 6) is 6.69. The van der Waals surface area contributed by atoms with Crippen LogP contribution in [0.15, 0.2) is 196 Å². The predicted octanol–water partition coefficient (Wildman–Crippen LogP) is 10.3. The Bertz CT molecular complexity index is 6670. The molecule has 1 amide bonds. The number of carbonyl (C=O) groups excluding carboxylic acids is 3. The number of nitrogens with two attached hydrogens (primary N) is 1. The number of ether oxygens (including phenoxy) is 8. The minimum Gasteiger partial charge on any atom is -0.530 e. The van der Waals surface area contributed by atoms with Crippen molar-refractivity contribution in [3.8, 4) is 86.5 Å². The number of esters is 2. The second-order valence-corrected chi connectivity index (χ2v) is 41.3. The third-order valence-electron chi connectivity index (χ3n) is 24.8. The number of primary amides is 1. The van der Waals surface area contributed by atoms with Gasteiger partial charge in [-0.2, -0.15) is 31.1 Å². The van der Waals surface area contributed by atoms with E-state index in [0.29, 0.717) is 149 Å². The van der Waals surface area contributed by atoms with Gasteiger partial charge in [-0.05, 0) is 110 Å². The Balaban J connectivity index is 0.000000164. The molecule has 41 nitrogen and oxygen atoms in total. The largest absolute Gasteiger partial charge is 0.530 e. The van der Waals surface area contributed by atoms with Crippen LogP contribution in [-0.2, 0) is 69.0 Å². The van der Waals surface area contributed by atoms with E-state index in [2.05, 4.69) is 114 Å². The van der Waals surface area contributed by atoms with Crippen LogP contribution in [0.25, 0.3) is 49.9 Å². The topological polar surface area (TPSA) is 548 Å². The fraction of sp³-hybridized carbons (Fsp3) is 0.370. The van der Waals surface area contributed by atoms with Gasteiger partial charge in [-0.3, -0.25) is 46.5 Å². The van der Waals surface area contributed by atoms with Crippen LogP contribution in [0.3, 0.4) is 0 Å². The summed E-state index contributed by atoms with van der Waals surface area (Å²) in [6.07, 6.45) is 28.5. The van der Waals surface area contributed by atoms with E-state index in [1.54, 1.807) is 103 Å². The van der Waals surface area contributed by atoms with Gasteiger partial charge in [0.1, 0.15) is 59.0 Å². The van der Waals surface area contributed by atoms with Crippen molar-refractivity contribution in [2.24, 2.45) is 5.73 Å². The highest BCUT2D eigenvalue weighted by molar-refractivity contribution is 7.91. The fourth-order valence-electron chi connectivity index (χ4n) is 18.1. The molecule has 44 heteroatoms. The molecule has 0 spiro atoms. The van der Waals surface area contributed by atoms with Crippen molar-refractivity contribution in [2.45, 2.75) is 115 Å². The molecule has 6 bridgehead atoms. The molecular formula is C100H116N25O16S3-. The number of rotatable bonds is 33. The number of hydrogen-bond acceptors (Lipinski definition) is 37. The monoisotopic (exact) mass is 2020 g/mol. The number of hydrogen-bond donors (Lipinski definition) is 5. The van der Waals surface area contributed by atoms with Crippen LogP contribution in [-0.4, -0.2) is 269 Å². The average Bonchev–Trinajstić information content (AvgIpc) is 1.00. The minimum atomic E-state index is -2.55. The Morgan fingerprint density at radius 2 is 0.785 bits per heavy atom. The molecule has 0 saturated carbocycles. The molecule has 9 aliphatic heterocycles. The van der Waals surface area contributed by atoms with Crippen LogP contribution in [0.2, 0.25) is 0 Å². The van der Waals surface area contributed by atoms with Gasteiger partial charge in [0.2, 0.25) is 17.6 Å². The number of carbonyl (C=O) groups is 3. The summed E-state index contributed by atoms with van der Waals surface area (Å²) in [6.45, 7) is 11.9. The molecular weight excluding hydrogens is 1900 g/mol. The van der Waals surface area contributed by atoms with E-state index in [9.17, 15) is 38.0 Å². The molecule has 13 aromatic rings. The molecule has 9 fully saturated rings. The number of piperazine rings is 3. The van der Waals surface area contributed by atoms with E-state index in [4.69, 9.17) is 77.4 Å². The van der Waals surface area contributed by atoms with Crippen molar-refractivity contribution in [2.75, 3.05) is 138 Å². The van der Waals surface area contributed by atoms with Crippen molar-refractivity contribution < 1.29 is 75.1 Å². The number of amides is 1. The number of pyridine rings is 9. The number of piperidine rings is 3. The first-order chi connectivity index (χ1) is 69.0. The Kier molecular flexibility index (Phi) is 36.2. The summed E-state index contributed by atoms with van der Waals surface area (Å²) >= 11 is 0. The van der Waals surface area contributed by atoms with E-state index in [1.165, 1.54) is 62.3 Å².